The Morgan fingerprint density at radius 1 is 1.41 bits per heavy atom. The lowest BCUT2D eigenvalue weighted by molar-refractivity contribution is 0.0526. The number of esters is 1. The van der Waals surface area contributed by atoms with Crippen molar-refractivity contribution in [2.75, 3.05) is 31.4 Å². The molecule has 0 saturated carbocycles. The fourth-order valence-electron chi connectivity index (χ4n) is 2.45. The van der Waals surface area contributed by atoms with Gasteiger partial charge in [0.2, 0.25) is 0 Å². The van der Waals surface area contributed by atoms with Crippen LogP contribution in [-0.2, 0) is 13.9 Å². The third kappa shape index (κ3) is 5.43. The Labute approximate surface area is 167 Å². The monoisotopic (exact) mass is 413 g/mol. The van der Waals surface area contributed by atoms with E-state index in [1.807, 2.05) is 6.26 Å². The molecule has 0 aliphatic carbocycles. The standard InChI is InChI=1S/C18H31N3O4SSi/c1-8-24-16(22)12-9-19-17(26-5)21-15(12)20-13-10-23-11-14(13)25-27(6,7)18(2,3)4/h9,13-14H,8,10-11H2,1-7H3,(H,19,20,21). The van der Waals surface area contributed by atoms with E-state index in [9.17, 15) is 4.79 Å². The third-order valence-corrected chi connectivity index (χ3v) is 10.1. The highest BCUT2D eigenvalue weighted by Gasteiger charge is 2.42. The van der Waals surface area contributed by atoms with Gasteiger partial charge < -0.3 is 19.2 Å². The quantitative estimate of drug-likeness (QED) is 0.314. The number of aromatic nitrogens is 2. The number of hydrogen-bond donors (Lipinski definition) is 1. The number of anilines is 1. The van der Waals surface area contributed by atoms with Crippen molar-refractivity contribution in [3.05, 3.63) is 11.8 Å². The van der Waals surface area contributed by atoms with E-state index < -0.39 is 14.3 Å². The number of ether oxygens (including phenoxy) is 2. The topological polar surface area (TPSA) is 82.6 Å². The van der Waals surface area contributed by atoms with Gasteiger partial charge in [-0.25, -0.2) is 14.8 Å². The minimum absolute atomic E-state index is 0.0862. The SMILES string of the molecule is CCOC(=O)c1cnc(SC)nc1NC1COCC1O[Si](C)(C)C(C)(C)C. The van der Waals surface area contributed by atoms with Crippen LogP contribution in [0.5, 0.6) is 0 Å². The summed E-state index contributed by atoms with van der Waals surface area (Å²) in [4.78, 5) is 21.0. The van der Waals surface area contributed by atoms with Crippen LogP contribution in [0.1, 0.15) is 38.1 Å². The fraction of sp³-hybridized carbons (Fsp3) is 0.722. The average Bonchev–Trinajstić information content (AvgIpc) is 3.00. The predicted octanol–water partition coefficient (Wildman–Crippen LogP) is 3.58. The van der Waals surface area contributed by atoms with Gasteiger partial charge in [-0.15, -0.1) is 0 Å². The summed E-state index contributed by atoms with van der Waals surface area (Å²) in [5.74, 6) is 0.0283. The molecular formula is C18H31N3O4SSi. The van der Waals surface area contributed by atoms with E-state index in [4.69, 9.17) is 13.9 Å². The first-order valence-corrected chi connectivity index (χ1v) is 13.3. The first-order valence-electron chi connectivity index (χ1n) is 9.19. The molecule has 1 aromatic heterocycles. The highest BCUT2D eigenvalue weighted by molar-refractivity contribution is 7.98. The Kier molecular flexibility index (Phi) is 7.29. The van der Waals surface area contributed by atoms with Crippen molar-refractivity contribution in [1.29, 1.82) is 0 Å². The third-order valence-electron chi connectivity index (χ3n) is 5.05. The van der Waals surface area contributed by atoms with Crippen LogP contribution in [0.2, 0.25) is 18.1 Å². The summed E-state index contributed by atoms with van der Waals surface area (Å²) in [5, 5.41) is 4.05. The van der Waals surface area contributed by atoms with E-state index in [2.05, 4.69) is 49.1 Å². The maximum absolute atomic E-state index is 12.3. The van der Waals surface area contributed by atoms with E-state index in [-0.39, 0.29) is 17.2 Å². The maximum atomic E-state index is 12.3. The highest BCUT2D eigenvalue weighted by Crippen LogP contribution is 2.38. The molecule has 2 unspecified atom stereocenters. The summed E-state index contributed by atoms with van der Waals surface area (Å²) >= 11 is 1.42. The van der Waals surface area contributed by atoms with Crippen LogP contribution in [0.3, 0.4) is 0 Å². The lowest BCUT2D eigenvalue weighted by atomic mass is 10.2. The largest absolute Gasteiger partial charge is 0.462 e. The number of carbonyl (C=O) groups excluding carboxylic acids is 1. The van der Waals surface area contributed by atoms with Crippen molar-refractivity contribution in [3.63, 3.8) is 0 Å². The molecule has 2 rings (SSSR count). The van der Waals surface area contributed by atoms with Crippen molar-refractivity contribution >= 4 is 31.9 Å². The molecule has 1 fully saturated rings. The second kappa shape index (κ2) is 8.89. The number of nitrogens with one attached hydrogen (secondary N) is 1. The van der Waals surface area contributed by atoms with Crippen LogP contribution < -0.4 is 5.32 Å². The minimum atomic E-state index is -1.94. The van der Waals surface area contributed by atoms with Crippen LogP contribution in [0.15, 0.2) is 11.4 Å². The molecule has 1 aliphatic heterocycles. The molecule has 1 aliphatic rings. The molecule has 2 heterocycles. The van der Waals surface area contributed by atoms with Crippen LogP contribution in [0.4, 0.5) is 5.82 Å². The van der Waals surface area contributed by atoms with Gasteiger partial charge in [-0.05, 0) is 31.3 Å². The van der Waals surface area contributed by atoms with Gasteiger partial charge in [0.15, 0.2) is 13.5 Å². The van der Waals surface area contributed by atoms with Gasteiger partial charge in [0.05, 0.1) is 32.0 Å². The Bertz CT molecular complexity index is 666. The van der Waals surface area contributed by atoms with Gasteiger partial charge in [0.1, 0.15) is 11.4 Å². The van der Waals surface area contributed by atoms with Crippen LogP contribution in [-0.4, -0.2) is 62.5 Å². The van der Waals surface area contributed by atoms with Crippen molar-refractivity contribution in [1.82, 2.24) is 9.97 Å². The summed E-state index contributed by atoms with van der Waals surface area (Å²) in [7, 11) is -1.94. The lowest BCUT2D eigenvalue weighted by Crippen LogP contribution is -2.48. The van der Waals surface area contributed by atoms with Gasteiger partial charge in [-0.2, -0.15) is 0 Å². The molecule has 152 valence electrons. The molecule has 0 radical (unpaired) electrons. The van der Waals surface area contributed by atoms with E-state index >= 15 is 0 Å². The van der Waals surface area contributed by atoms with E-state index in [0.29, 0.717) is 36.4 Å². The first-order chi connectivity index (χ1) is 12.6. The number of thioether (sulfide) groups is 1. The van der Waals surface area contributed by atoms with Crippen molar-refractivity contribution < 1.29 is 18.7 Å². The molecular weight excluding hydrogens is 382 g/mol. The summed E-state index contributed by atoms with van der Waals surface area (Å²) in [6.07, 6.45) is 3.32. The van der Waals surface area contributed by atoms with Crippen molar-refractivity contribution in [2.24, 2.45) is 0 Å². The number of hydrogen-bond acceptors (Lipinski definition) is 8. The predicted molar refractivity (Wildman–Crippen MR) is 110 cm³/mol. The summed E-state index contributed by atoms with van der Waals surface area (Å²) < 4.78 is 17.4. The van der Waals surface area contributed by atoms with Crippen LogP contribution >= 0.6 is 11.8 Å². The molecule has 1 N–H and O–H groups in total. The Morgan fingerprint density at radius 2 is 2.11 bits per heavy atom. The normalized spacial score (nSPS) is 20.6. The van der Waals surface area contributed by atoms with Gasteiger partial charge in [0, 0.05) is 6.20 Å². The number of rotatable bonds is 7. The average molecular weight is 414 g/mol. The number of carbonyl (C=O) groups is 1. The zero-order valence-electron chi connectivity index (χ0n) is 17.3. The summed E-state index contributed by atoms with van der Waals surface area (Å²) in [6, 6.07) is -0.0862. The zero-order valence-corrected chi connectivity index (χ0v) is 19.1. The van der Waals surface area contributed by atoms with Crippen molar-refractivity contribution in [3.8, 4) is 0 Å². The second-order valence-corrected chi connectivity index (χ2v) is 13.6. The Balaban J connectivity index is 2.22. The molecule has 0 aromatic carbocycles. The molecule has 0 spiro atoms. The van der Waals surface area contributed by atoms with E-state index in [1.165, 1.54) is 18.0 Å². The fourth-order valence-corrected chi connectivity index (χ4v) is 4.13. The van der Waals surface area contributed by atoms with Crippen molar-refractivity contribution in [2.45, 2.75) is 63.1 Å². The van der Waals surface area contributed by atoms with E-state index in [0.717, 1.165) is 0 Å². The van der Waals surface area contributed by atoms with Crippen LogP contribution in [0, 0.1) is 0 Å². The second-order valence-electron chi connectivity index (χ2n) is 8.04. The smallest absolute Gasteiger partial charge is 0.343 e. The molecule has 0 amide bonds. The lowest BCUT2D eigenvalue weighted by Gasteiger charge is -2.39. The molecule has 27 heavy (non-hydrogen) atoms. The highest BCUT2D eigenvalue weighted by atomic mass is 32.2. The zero-order chi connectivity index (χ0) is 20.2. The van der Waals surface area contributed by atoms with Crippen LogP contribution in [0.25, 0.3) is 0 Å². The van der Waals surface area contributed by atoms with Gasteiger partial charge >= 0.3 is 5.97 Å². The van der Waals surface area contributed by atoms with E-state index in [1.54, 1.807) is 6.92 Å². The van der Waals surface area contributed by atoms with Gasteiger partial charge in [-0.3, -0.25) is 0 Å². The summed E-state index contributed by atoms with van der Waals surface area (Å²) in [6.45, 7) is 14.2. The Morgan fingerprint density at radius 3 is 2.70 bits per heavy atom. The number of nitrogens with zero attached hydrogens (tertiary/aromatic N) is 2. The summed E-state index contributed by atoms with van der Waals surface area (Å²) in [5.41, 5.74) is 0.327. The molecule has 1 saturated heterocycles. The van der Waals surface area contributed by atoms with Gasteiger partial charge in [-0.1, -0.05) is 32.5 Å². The molecule has 7 nitrogen and oxygen atoms in total. The molecule has 2 atom stereocenters. The molecule has 9 heteroatoms. The maximum Gasteiger partial charge on any atom is 0.343 e. The Hall–Kier alpha value is -1.16. The minimum Gasteiger partial charge on any atom is -0.462 e. The van der Waals surface area contributed by atoms with Gasteiger partial charge in [0.25, 0.3) is 0 Å². The molecule has 1 aromatic rings. The first kappa shape index (κ1) is 22.1. The molecule has 0 bridgehead atoms.